The molecule has 0 radical (unpaired) electrons. The largest absolute Gasteiger partial charge is 0.330 e. The molecule has 1 rings (SSSR count). The maximum absolute atomic E-state index is 6.27. The Labute approximate surface area is 201 Å². The lowest BCUT2D eigenvalue weighted by Crippen LogP contribution is -2.34. The van der Waals surface area contributed by atoms with Gasteiger partial charge >= 0.3 is 0 Å². The monoisotopic (exact) mass is 458 g/mol. The summed E-state index contributed by atoms with van der Waals surface area (Å²) in [6.07, 6.45) is 12.1. The van der Waals surface area contributed by atoms with E-state index in [4.69, 9.17) is 10.7 Å². The molecule has 3 N–H and O–H groups in total. The number of aliphatic imine (C=N–C) groups is 1. The van der Waals surface area contributed by atoms with E-state index >= 15 is 0 Å². The van der Waals surface area contributed by atoms with Crippen molar-refractivity contribution in [2.24, 2.45) is 28.0 Å². The van der Waals surface area contributed by atoms with Gasteiger partial charge in [-0.1, -0.05) is 82.3 Å². The summed E-state index contributed by atoms with van der Waals surface area (Å²) >= 11 is 1.69. The smallest absolute Gasteiger partial charge is 0.170 e. The van der Waals surface area contributed by atoms with Gasteiger partial charge in [0.2, 0.25) is 0 Å². The summed E-state index contributed by atoms with van der Waals surface area (Å²) in [5, 5.41) is 4.17. The molecule has 1 aliphatic carbocycles. The Morgan fingerprint density at radius 1 is 1.41 bits per heavy atom. The molecular formula is C27H46N4S. The average molecular weight is 459 g/mol. The molecule has 4 nitrogen and oxygen atoms in total. The highest BCUT2D eigenvalue weighted by atomic mass is 32.2. The van der Waals surface area contributed by atoms with Crippen LogP contribution in [0.3, 0.4) is 0 Å². The predicted molar refractivity (Wildman–Crippen MR) is 146 cm³/mol. The summed E-state index contributed by atoms with van der Waals surface area (Å²) in [6, 6.07) is 0. The van der Waals surface area contributed by atoms with Gasteiger partial charge in [0.1, 0.15) is 0 Å². The van der Waals surface area contributed by atoms with Gasteiger partial charge in [-0.2, -0.15) is 0 Å². The van der Waals surface area contributed by atoms with E-state index in [1.54, 1.807) is 11.8 Å². The van der Waals surface area contributed by atoms with Gasteiger partial charge in [0.05, 0.1) is 5.70 Å². The number of amidine groups is 1. The van der Waals surface area contributed by atoms with Crippen LogP contribution in [0.5, 0.6) is 0 Å². The first-order valence-electron chi connectivity index (χ1n) is 11.8. The third kappa shape index (κ3) is 8.09. The number of hydrogen-bond acceptors (Lipinski definition) is 4. The number of thioether (sulfide) groups is 1. The highest BCUT2D eigenvalue weighted by Crippen LogP contribution is 2.43. The molecule has 0 spiro atoms. The van der Waals surface area contributed by atoms with Gasteiger partial charge in [0.15, 0.2) is 5.17 Å². The van der Waals surface area contributed by atoms with Crippen molar-refractivity contribution in [3.63, 3.8) is 0 Å². The van der Waals surface area contributed by atoms with Crippen molar-refractivity contribution in [3.05, 3.63) is 60.0 Å². The minimum Gasteiger partial charge on any atom is -0.330 e. The Morgan fingerprint density at radius 2 is 2.09 bits per heavy atom. The standard InChI is InChI=1S/C27H46N4S/c1-10-12-21(5)13-14-24-22(6)17-27(8,18-28)23(7)16-25(24)30-26(32-19-29-9)31(15-11-2)20(3)4/h11,13-14,16,22-23,29H,2-3,10,12,15,17-19,28H2,1,4-9H3/b21-13+,24-14+,30-26?. The van der Waals surface area contributed by atoms with Crippen LogP contribution < -0.4 is 11.1 Å². The molecule has 0 saturated heterocycles. The van der Waals surface area contributed by atoms with Crippen LogP contribution in [-0.4, -0.2) is 36.1 Å². The summed E-state index contributed by atoms with van der Waals surface area (Å²) < 4.78 is 0. The minimum absolute atomic E-state index is 0.0470. The van der Waals surface area contributed by atoms with Gasteiger partial charge in [-0.05, 0) is 63.1 Å². The first-order valence-corrected chi connectivity index (χ1v) is 12.8. The van der Waals surface area contributed by atoms with Crippen molar-refractivity contribution in [1.29, 1.82) is 0 Å². The first kappa shape index (κ1) is 28.5. The molecule has 3 unspecified atom stereocenters. The molecule has 0 aromatic rings. The molecule has 0 saturated carbocycles. The van der Waals surface area contributed by atoms with Crippen molar-refractivity contribution in [2.45, 2.75) is 60.8 Å². The fourth-order valence-electron chi connectivity index (χ4n) is 4.05. The lowest BCUT2D eigenvalue weighted by Gasteiger charge is -2.33. The van der Waals surface area contributed by atoms with Crippen LogP contribution in [0.25, 0.3) is 0 Å². The topological polar surface area (TPSA) is 53.6 Å². The van der Waals surface area contributed by atoms with E-state index in [0.717, 1.165) is 41.7 Å². The molecule has 0 heterocycles. The van der Waals surface area contributed by atoms with Crippen LogP contribution in [0.4, 0.5) is 0 Å². The van der Waals surface area contributed by atoms with Crippen molar-refractivity contribution in [2.75, 3.05) is 26.0 Å². The first-order chi connectivity index (χ1) is 15.1. The SMILES string of the molecule is C=CCN(C(=C)C)C(=NC1=CC(C)C(C)(CN)CC(C)/C1=C\C=C(/C)CCC)SCNC. The molecule has 3 atom stereocenters. The van der Waals surface area contributed by atoms with Crippen LogP contribution >= 0.6 is 11.8 Å². The Kier molecular flexibility index (Phi) is 12.3. The Balaban J connectivity index is 3.67. The zero-order valence-electron chi connectivity index (χ0n) is 21.5. The summed E-state index contributed by atoms with van der Waals surface area (Å²) in [4.78, 5) is 7.39. The molecule has 0 amide bonds. The average Bonchev–Trinajstić information content (AvgIpc) is 2.82. The van der Waals surface area contributed by atoms with E-state index in [9.17, 15) is 0 Å². The maximum atomic E-state index is 6.27. The van der Waals surface area contributed by atoms with E-state index < -0.39 is 0 Å². The van der Waals surface area contributed by atoms with Gasteiger partial charge in [-0.3, -0.25) is 0 Å². The molecule has 5 heteroatoms. The van der Waals surface area contributed by atoms with Crippen LogP contribution in [-0.2, 0) is 0 Å². The van der Waals surface area contributed by atoms with Crippen LogP contribution in [0.15, 0.2) is 65.0 Å². The number of nitrogens with one attached hydrogen (secondary N) is 1. The molecule has 0 fully saturated rings. The maximum Gasteiger partial charge on any atom is 0.170 e. The summed E-state index contributed by atoms with van der Waals surface area (Å²) in [6.45, 7) is 22.8. The number of nitrogens with two attached hydrogens (primary N) is 1. The molecular weight excluding hydrogens is 412 g/mol. The second kappa shape index (κ2) is 13.9. The Bertz CT molecular complexity index is 762. The summed E-state index contributed by atoms with van der Waals surface area (Å²) in [7, 11) is 1.96. The van der Waals surface area contributed by atoms with Gasteiger partial charge in [-0.15, -0.1) is 6.58 Å². The quantitative estimate of drug-likeness (QED) is 0.170. The normalized spacial score (nSPS) is 26.0. The van der Waals surface area contributed by atoms with E-state index in [0.29, 0.717) is 24.9 Å². The van der Waals surface area contributed by atoms with Gasteiger partial charge in [0.25, 0.3) is 0 Å². The molecule has 0 aromatic heterocycles. The number of rotatable bonds is 10. The Morgan fingerprint density at radius 3 is 2.62 bits per heavy atom. The lowest BCUT2D eigenvalue weighted by atomic mass is 9.73. The third-order valence-electron chi connectivity index (χ3n) is 6.33. The Hall–Kier alpha value is -1.56. The third-order valence-corrected chi connectivity index (χ3v) is 7.33. The fraction of sp³-hybridized carbons (Fsp3) is 0.593. The molecule has 0 aliphatic heterocycles. The van der Waals surface area contributed by atoms with E-state index in [-0.39, 0.29) is 5.41 Å². The van der Waals surface area contributed by atoms with Crippen LogP contribution in [0, 0.1) is 17.3 Å². The summed E-state index contributed by atoms with van der Waals surface area (Å²) in [5.41, 5.74) is 11.0. The summed E-state index contributed by atoms with van der Waals surface area (Å²) in [5.74, 6) is 1.46. The second-order valence-electron chi connectivity index (χ2n) is 9.36. The zero-order chi connectivity index (χ0) is 24.3. The van der Waals surface area contributed by atoms with Gasteiger partial charge < -0.3 is 16.0 Å². The predicted octanol–water partition coefficient (Wildman–Crippen LogP) is 6.47. The van der Waals surface area contributed by atoms with Crippen LogP contribution in [0.2, 0.25) is 0 Å². The lowest BCUT2D eigenvalue weighted by molar-refractivity contribution is 0.214. The van der Waals surface area contributed by atoms with Crippen molar-refractivity contribution >= 4 is 16.9 Å². The zero-order valence-corrected chi connectivity index (χ0v) is 22.3. The van der Waals surface area contributed by atoms with Crippen LogP contribution in [0.1, 0.15) is 60.8 Å². The number of allylic oxidation sites excluding steroid dienone is 6. The van der Waals surface area contributed by atoms with E-state index in [1.165, 1.54) is 11.1 Å². The second-order valence-corrected chi connectivity index (χ2v) is 10.3. The van der Waals surface area contributed by atoms with Crippen molar-refractivity contribution in [1.82, 2.24) is 10.2 Å². The number of nitrogens with zero attached hydrogens (tertiary/aromatic N) is 2. The molecule has 32 heavy (non-hydrogen) atoms. The highest BCUT2D eigenvalue weighted by molar-refractivity contribution is 8.13. The molecule has 0 aromatic carbocycles. The van der Waals surface area contributed by atoms with Crippen molar-refractivity contribution < 1.29 is 0 Å². The van der Waals surface area contributed by atoms with Gasteiger partial charge in [0, 0.05) is 18.1 Å². The van der Waals surface area contributed by atoms with Gasteiger partial charge in [-0.25, -0.2) is 4.99 Å². The van der Waals surface area contributed by atoms with E-state index in [2.05, 4.69) is 76.2 Å². The molecule has 0 bridgehead atoms. The molecule has 180 valence electrons. The minimum atomic E-state index is 0.0470. The number of hydrogen-bond donors (Lipinski definition) is 2. The highest BCUT2D eigenvalue weighted by Gasteiger charge is 2.35. The fourth-order valence-corrected chi connectivity index (χ4v) is 4.87. The van der Waals surface area contributed by atoms with E-state index in [1.807, 2.05) is 20.0 Å². The van der Waals surface area contributed by atoms with Crippen molar-refractivity contribution in [3.8, 4) is 0 Å². The molecule has 1 aliphatic rings.